The van der Waals surface area contributed by atoms with Gasteiger partial charge >= 0.3 is 0 Å². The van der Waals surface area contributed by atoms with Crippen LogP contribution in [0.3, 0.4) is 0 Å². The third-order valence-electron chi connectivity index (χ3n) is 9.53. The Morgan fingerprint density at radius 3 is 2.86 bits per heavy atom. The van der Waals surface area contributed by atoms with Gasteiger partial charge in [0.05, 0.1) is 11.5 Å². The number of carbonyl (C=O) groups is 1. The Bertz CT molecular complexity index is 1290. The Kier molecular flexibility index (Phi) is 6.10. The topological polar surface area (TPSA) is 56.3 Å². The summed E-state index contributed by atoms with van der Waals surface area (Å²) in [5.41, 5.74) is 1.99. The lowest BCUT2D eigenvalue weighted by Crippen LogP contribution is -2.82. The number of aromatic hydroxyl groups is 1. The van der Waals surface area contributed by atoms with Gasteiger partial charge in [-0.05, 0) is 86.0 Å². The predicted molar refractivity (Wildman–Crippen MR) is 151 cm³/mol. The van der Waals surface area contributed by atoms with Crippen molar-refractivity contribution in [3.8, 4) is 11.5 Å². The van der Waals surface area contributed by atoms with Gasteiger partial charge in [0.15, 0.2) is 11.5 Å². The zero-order chi connectivity index (χ0) is 26.1. The maximum absolute atomic E-state index is 13.4. The number of ether oxygens (including phenoxy) is 1. The van der Waals surface area contributed by atoms with Crippen molar-refractivity contribution in [3.63, 3.8) is 0 Å². The molecule has 1 saturated heterocycles. The van der Waals surface area contributed by atoms with E-state index < -0.39 is 0 Å². The SMILES string of the molecule is C=CCN1CC[C@]23c4c5ccc(O)c4O[C@H]2[C@@H](N(C)C(=O)/C=C/c2cc(Br)cs2)CC[C@@]3(N(C)C)[C@H]1C5. The quantitative estimate of drug-likeness (QED) is 0.396. The molecule has 2 aliphatic heterocycles. The van der Waals surface area contributed by atoms with E-state index in [0.29, 0.717) is 11.8 Å². The first-order chi connectivity index (χ1) is 17.7. The summed E-state index contributed by atoms with van der Waals surface area (Å²) >= 11 is 5.08. The fraction of sp³-hybridized carbons (Fsp3) is 0.483. The van der Waals surface area contributed by atoms with Gasteiger partial charge in [0.25, 0.3) is 0 Å². The van der Waals surface area contributed by atoms with Gasteiger partial charge in [-0.1, -0.05) is 12.1 Å². The van der Waals surface area contributed by atoms with Crippen LogP contribution in [0.4, 0.5) is 0 Å². The first-order valence-electron chi connectivity index (χ1n) is 13.0. The Morgan fingerprint density at radius 2 is 2.16 bits per heavy atom. The van der Waals surface area contributed by atoms with Gasteiger partial charge in [-0.25, -0.2) is 0 Å². The van der Waals surface area contributed by atoms with Gasteiger partial charge in [0, 0.05) is 51.5 Å². The number of phenolic OH excluding ortho intramolecular Hbond substituents is 1. The summed E-state index contributed by atoms with van der Waals surface area (Å²) in [4.78, 5) is 21.4. The van der Waals surface area contributed by atoms with E-state index in [1.54, 1.807) is 23.5 Å². The molecule has 8 heteroatoms. The number of hydrogen-bond donors (Lipinski definition) is 1. The number of thiophene rings is 1. The largest absolute Gasteiger partial charge is 0.504 e. The highest BCUT2D eigenvalue weighted by molar-refractivity contribution is 9.10. The Labute approximate surface area is 231 Å². The smallest absolute Gasteiger partial charge is 0.246 e. The van der Waals surface area contributed by atoms with Crippen molar-refractivity contribution in [3.05, 3.63) is 62.8 Å². The number of carbonyl (C=O) groups excluding carboxylic acids is 1. The van der Waals surface area contributed by atoms with Crippen LogP contribution in [0.1, 0.15) is 35.3 Å². The first kappa shape index (κ1) is 25.2. The number of likely N-dealkylation sites (tertiary alicyclic amines) is 1. The summed E-state index contributed by atoms with van der Waals surface area (Å²) in [5.74, 6) is 0.817. The lowest BCUT2D eigenvalue weighted by molar-refractivity contribution is -0.158. The Hall–Kier alpha value is -2.13. The van der Waals surface area contributed by atoms with Gasteiger partial charge < -0.3 is 19.6 Å². The van der Waals surface area contributed by atoms with Crippen LogP contribution in [0, 0.1) is 0 Å². The van der Waals surface area contributed by atoms with Crippen LogP contribution in [0.25, 0.3) is 6.08 Å². The third kappa shape index (κ3) is 3.38. The molecule has 2 bridgehead atoms. The number of hydrogen-bond acceptors (Lipinski definition) is 6. The van der Waals surface area contributed by atoms with Crippen molar-refractivity contribution in [2.24, 2.45) is 0 Å². The third-order valence-corrected chi connectivity index (χ3v) is 11.2. The van der Waals surface area contributed by atoms with E-state index in [4.69, 9.17) is 4.74 Å². The van der Waals surface area contributed by atoms with Crippen molar-refractivity contribution >= 4 is 39.2 Å². The second-order valence-corrected chi connectivity index (χ2v) is 12.9. The molecule has 1 N–H and O–H groups in total. The Balaban J connectivity index is 1.44. The molecule has 6 rings (SSSR count). The molecule has 1 saturated carbocycles. The molecule has 1 spiro atoms. The maximum atomic E-state index is 13.4. The predicted octanol–water partition coefficient (Wildman–Crippen LogP) is 4.67. The molecule has 2 aromatic rings. The van der Waals surface area contributed by atoms with Gasteiger partial charge in [-0.2, -0.15) is 0 Å². The van der Waals surface area contributed by atoms with Crippen molar-refractivity contribution in [2.45, 2.75) is 54.8 Å². The molecule has 1 aromatic heterocycles. The van der Waals surface area contributed by atoms with Crippen LogP contribution in [-0.4, -0.2) is 83.7 Å². The van der Waals surface area contributed by atoms with Crippen molar-refractivity contribution in [2.75, 3.05) is 34.2 Å². The molecule has 5 atom stereocenters. The number of amides is 1. The summed E-state index contributed by atoms with van der Waals surface area (Å²) < 4.78 is 7.81. The van der Waals surface area contributed by atoms with Crippen LogP contribution in [0.15, 0.2) is 46.8 Å². The lowest BCUT2D eigenvalue weighted by atomic mass is 9.46. The molecule has 3 heterocycles. The summed E-state index contributed by atoms with van der Waals surface area (Å²) in [5, 5.41) is 13.0. The number of piperidine rings is 1. The van der Waals surface area contributed by atoms with Crippen LogP contribution in [0.2, 0.25) is 0 Å². The second kappa shape index (κ2) is 8.97. The fourth-order valence-corrected chi connectivity index (χ4v) is 9.49. The van der Waals surface area contributed by atoms with Crippen LogP contribution >= 0.6 is 27.3 Å². The van der Waals surface area contributed by atoms with Gasteiger partial charge in [-0.3, -0.25) is 9.69 Å². The van der Waals surface area contributed by atoms with E-state index in [0.717, 1.165) is 48.1 Å². The van der Waals surface area contributed by atoms with Crippen molar-refractivity contribution in [1.29, 1.82) is 0 Å². The standard InChI is InChI=1S/C29H34BrN3O3S/c1-5-13-33-14-12-28-25-18-6-8-22(34)26(25)36-27(28)21(10-11-29(28,31(2)3)23(33)15-18)32(4)24(35)9-7-20-16-19(30)17-37-20/h5-9,16-17,21,23,27,34H,1,10-15H2,2-4H3/b9-7+/t21-,23+,27-,28-,29+/m0/s1. The van der Waals surface area contributed by atoms with Gasteiger partial charge in [-0.15, -0.1) is 17.9 Å². The van der Waals surface area contributed by atoms with E-state index in [1.807, 2.05) is 35.5 Å². The minimum Gasteiger partial charge on any atom is -0.504 e. The van der Waals surface area contributed by atoms with Gasteiger partial charge in [0.2, 0.25) is 5.91 Å². The van der Waals surface area contributed by atoms with Crippen LogP contribution in [-0.2, 0) is 16.6 Å². The Morgan fingerprint density at radius 1 is 1.35 bits per heavy atom. The lowest BCUT2D eigenvalue weighted by Gasteiger charge is -2.69. The highest BCUT2D eigenvalue weighted by atomic mass is 79.9. The maximum Gasteiger partial charge on any atom is 0.246 e. The number of rotatable bonds is 6. The minimum atomic E-state index is -0.305. The number of likely N-dealkylation sites (N-methyl/N-ethyl adjacent to an activating group) is 2. The number of nitrogens with zero attached hydrogens (tertiary/aromatic N) is 3. The van der Waals surface area contributed by atoms with E-state index in [9.17, 15) is 9.90 Å². The zero-order valence-corrected chi connectivity index (χ0v) is 24.0. The van der Waals surface area contributed by atoms with E-state index in [2.05, 4.69) is 52.5 Å². The summed E-state index contributed by atoms with van der Waals surface area (Å²) in [6, 6.07) is 6.10. The van der Waals surface area contributed by atoms with Gasteiger partial charge in [0.1, 0.15) is 6.10 Å². The molecule has 2 aliphatic carbocycles. The molecule has 0 unspecified atom stereocenters. The highest BCUT2D eigenvalue weighted by Gasteiger charge is 2.74. The van der Waals surface area contributed by atoms with Crippen molar-refractivity contribution in [1.82, 2.24) is 14.7 Å². The average Bonchev–Trinajstić information content (AvgIpc) is 3.45. The summed E-state index contributed by atoms with van der Waals surface area (Å²) in [6.07, 6.45) is 8.98. The molecular weight excluding hydrogens is 550 g/mol. The number of benzene rings is 1. The fourth-order valence-electron chi connectivity index (χ4n) is 8.16. The van der Waals surface area contributed by atoms with E-state index in [1.165, 1.54) is 11.1 Å². The average molecular weight is 585 g/mol. The minimum absolute atomic E-state index is 0.0243. The zero-order valence-electron chi connectivity index (χ0n) is 21.6. The normalized spacial score (nSPS) is 31.9. The number of phenols is 1. The van der Waals surface area contributed by atoms with Crippen molar-refractivity contribution < 1.29 is 14.6 Å². The molecule has 2 fully saturated rings. The summed E-state index contributed by atoms with van der Waals surface area (Å²) in [6.45, 7) is 5.84. The van der Waals surface area contributed by atoms with E-state index in [-0.39, 0.29) is 34.8 Å². The molecule has 37 heavy (non-hydrogen) atoms. The van der Waals surface area contributed by atoms with Crippen LogP contribution < -0.4 is 4.74 Å². The second-order valence-electron chi connectivity index (χ2n) is 11.1. The first-order valence-corrected chi connectivity index (χ1v) is 14.6. The monoisotopic (exact) mass is 583 g/mol. The molecule has 1 amide bonds. The van der Waals surface area contributed by atoms with E-state index >= 15 is 0 Å². The molecule has 4 aliphatic rings. The summed E-state index contributed by atoms with van der Waals surface area (Å²) in [7, 11) is 6.30. The molecule has 196 valence electrons. The molecule has 6 nitrogen and oxygen atoms in total. The number of halogens is 1. The van der Waals surface area contributed by atoms with Crippen LogP contribution in [0.5, 0.6) is 11.5 Å². The molecule has 0 radical (unpaired) electrons. The molecule has 1 aromatic carbocycles. The highest BCUT2D eigenvalue weighted by Crippen LogP contribution is 2.67. The molecular formula is C29H34BrN3O3S.